The highest BCUT2D eigenvalue weighted by Crippen LogP contribution is 2.44. The van der Waals surface area contributed by atoms with E-state index in [0.29, 0.717) is 18.7 Å². The second-order valence-electron chi connectivity index (χ2n) is 8.37. The molecule has 208 valence electrons. The van der Waals surface area contributed by atoms with Gasteiger partial charge in [-0.3, -0.25) is 4.90 Å². The third kappa shape index (κ3) is 7.37. The maximum Gasteiger partial charge on any atom is 0.416 e. The third-order valence-corrected chi connectivity index (χ3v) is 6.09. The molecule has 16 heteroatoms. The van der Waals surface area contributed by atoms with Gasteiger partial charge >= 0.3 is 24.6 Å². The van der Waals surface area contributed by atoms with Crippen LogP contribution >= 0.6 is 24.8 Å². The van der Waals surface area contributed by atoms with Gasteiger partial charge in [0.1, 0.15) is 0 Å². The van der Waals surface area contributed by atoms with Gasteiger partial charge in [0.05, 0.1) is 11.6 Å². The average Bonchev–Trinajstić information content (AvgIpc) is 3.19. The van der Waals surface area contributed by atoms with Crippen LogP contribution in [0.1, 0.15) is 24.0 Å². The van der Waals surface area contributed by atoms with E-state index in [0.717, 1.165) is 25.0 Å². The van der Waals surface area contributed by atoms with E-state index in [1.165, 1.54) is 11.0 Å². The molecule has 5 nitrogen and oxygen atoms in total. The topological polar surface area (TPSA) is 47.0 Å². The number of alkyl halides is 9. The van der Waals surface area contributed by atoms with Gasteiger partial charge in [-0.2, -0.15) is 39.5 Å². The molecular formula is C20H24Cl2F9N3O2. The van der Waals surface area contributed by atoms with Gasteiger partial charge in [0.2, 0.25) is 0 Å². The number of hydrogen-bond donors (Lipinski definition) is 1. The number of carboxylic acid groups (broad SMARTS) is 1. The summed E-state index contributed by atoms with van der Waals surface area (Å²) in [5, 5.41) is 9.22. The van der Waals surface area contributed by atoms with Crippen LogP contribution in [0.4, 0.5) is 50.0 Å². The average molecular weight is 580 g/mol. The number of benzene rings is 1. The smallest absolute Gasteiger partial charge is 0.416 e. The van der Waals surface area contributed by atoms with Gasteiger partial charge in [0.15, 0.2) is 5.92 Å². The number of amides is 1. The van der Waals surface area contributed by atoms with Crippen LogP contribution in [0.5, 0.6) is 0 Å². The highest BCUT2D eigenvalue weighted by Gasteiger charge is 2.62. The van der Waals surface area contributed by atoms with Gasteiger partial charge in [-0.25, -0.2) is 4.79 Å². The zero-order valence-corrected chi connectivity index (χ0v) is 20.1. The molecule has 2 saturated heterocycles. The lowest BCUT2D eigenvalue weighted by Crippen LogP contribution is -2.62. The molecule has 0 aliphatic carbocycles. The largest absolute Gasteiger partial charge is 0.465 e. The van der Waals surface area contributed by atoms with Crippen molar-refractivity contribution in [1.29, 1.82) is 0 Å². The van der Waals surface area contributed by atoms with Crippen LogP contribution in [0, 0.1) is 5.92 Å². The molecule has 0 bridgehead atoms. The Balaban J connectivity index is 0.00000324. The summed E-state index contributed by atoms with van der Waals surface area (Å²) in [4.78, 5) is 14.5. The second kappa shape index (κ2) is 11.7. The summed E-state index contributed by atoms with van der Waals surface area (Å²) in [7, 11) is 0. The Hall–Kier alpha value is -1.80. The Bertz CT molecular complexity index is 877. The van der Waals surface area contributed by atoms with Crippen LogP contribution in [-0.2, 0) is 12.7 Å². The van der Waals surface area contributed by atoms with E-state index in [1.54, 1.807) is 4.90 Å². The summed E-state index contributed by atoms with van der Waals surface area (Å²) >= 11 is 0. The monoisotopic (exact) mass is 579 g/mol. The molecule has 1 unspecified atom stereocenters. The Morgan fingerprint density at radius 1 is 0.917 bits per heavy atom. The predicted octanol–water partition coefficient (Wildman–Crippen LogP) is 6.05. The molecule has 1 aromatic rings. The summed E-state index contributed by atoms with van der Waals surface area (Å²) in [5.74, 6) is -3.90. The maximum absolute atomic E-state index is 13.3. The van der Waals surface area contributed by atoms with E-state index in [4.69, 9.17) is 0 Å². The van der Waals surface area contributed by atoms with Crippen molar-refractivity contribution in [3.63, 3.8) is 0 Å². The van der Waals surface area contributed by atoms with Gasteiger partial charge < -0.3 is 14.9 Å². The van der Waals surface area contributed by atoms with E-state index in [9.17, 15) is 49.4 Å². The van der Waals surface area contributed by atoms with E-state index in [2.05, 4.69) is 0 Å². The van der Waals surface area contributed by atoms with Gasteiger partial charge in [0.25, 0.3) is 0 Å². The van der Waals surface area contributed by atoms with Crippen molar-refractivity contribution < 1.29 is 49.4 Å². The molecule has 2 aliphatic heterocycles. The van der Waals surface area contributed by atoms with Crippen LogP contribution in [0.15, 0.2) is 18.2 Å². The van der Waals surface area contributed by atoms with E-state index in [1.807, 2.05) is 0 Å². The lowest BCUT2D eigenvalue weighted by Gasteiger charge is -2.44. The number of nitrogens with zero attached hydrogens (tertiary/aromatic N) is 3. The molecule has 3 rings (SSSR count). The van der Waals surface area contributed by atoms with Gasteiger partial charge in [-0.05, 0) is 30.5 Å². The van der Waals surface area contributed by atoms with Crippen LogP contribution in [0.2, 0.25) is 0 Å². The molecule has 1 atom stereocenters. The molecule has 1 N–H and O–H groups in total. The quantitative estimate of drug-likeness (QED) is 0.441. The highest BCUT2D eigenvalue weighted by atomic mass is 35.5. The minimum Gasteiger partial charge on any atom is -0.465 e. The molecule has 2 heterocycles. The van der Waals surface area contributed by atoms with Crippen molar-refractivity contribution in [3.8, 4) is 0 Å². The summed E-state index contributed by atoms with van der Waals surface area (Å²) in [6, 6.07) is 0.463. The Kier molecular flexibility index (Phi) is 10.5. The third-order valence-electron chi connectivity index (χ3n) is 6.09. The molecule has 0 radical (unpaired) electrons. The minimum absolute atomic E-state index is 0. The first-order valence-electron chi connectivity index (χ1n) is 10.4. The standard InChI is InChI=1S/C20H22F9N3O2.2ClH/c21-18(22,23)13-4-3-12(14(9-13)31-5-1-2-6-31)10-30-7-8-32(17(33)34)15(11-30)16(19(24,25)26)20(27,28)29;;/h3-4,9,15-16H,1-2,5-8,10-11H2,(H,33,34);2*1H. The minimum atomic E-state index is -5.74. The normalized spacial score (nSPS) is 19.8. The van der Waals surface area contributed by atoms with Gasteiger partial charge in [-0.15, -0.1) is 24.8 Å². The van der Waals surface area contributed by atoms with Crippen LogP contribution in [0.3, 0.4) is 0 Å². The van der Waals surface area contributed by atoms with Crippen LogP contribution in [-0.4, -0.2) is 72.1 Å². The van der Waals surface area contributed by atoms with Gasteiger partial charge in [-0.1, -0.05) is 6.07 Å². The van der Waals surface area contributed by atoms with Crippen LogP contribution < -0.4 is 4.90 Å². The second-order valence-corrected chi connectivity index (χ2v) is 8.37. The molecule has 2 fully saturated rings. The van der Waals surface area contributed by atoms with Crippen molar-refractivity contribution in [2.45, 2.75) is 44.0 Å². The fourth-order valence-electron chi connectivity index (χ4n) is 4.52. The van der Waals surface area contributed by atoms with Gasteiger partial charge in [0, 0.05) is 45.0 Å². The van der Waals surface area contributed by atoms with E-state index >= 15 is 0 Å². The molecule has 0 spiro atoms. The molecule has 0 saturated carbocycles. The number of anilines is 1. The first-order chi connectivity index (χ1) is 15.6. The zero-order chi connectivity index (χ0) is 25.5. The van der Waals surface area contributed by atoms with Crippen LogP contribution in [0.25, 0.3) is 0 Å². The van der Waals surface area contributed by atoms with Crippen molar-refractivity contribution >= 4 is 36.6 Å². The predicted molar refractivity (Wildman–Crippen MR) is 117 cm³/mol. The molecular weight excluding hydrogens is 556 g/mol. The summed E-state index contributed by atoms with van der Waals surface area (Å²) < 4.78 is 120. The molecule has 36 heavy (non-hydrogen) atoms. The van der Waals surface area contributed by atoms with Crippen molar-refractivity contribution in [2.75, 3.05) is 37.6 Å². The fourth-order valence-corrected chi connectivity index (χ4v) is 4.52. The SMILES string of the molecule is Cl.Cl.O=C(O)N1CCN(Cc2ccc(C(F)(F)F)cc2N2CCCC2)CC1C(C(F)(F)F)C(F)(F)F. The Labute approximate surface area is 213 Å². The fraction of sp³-hybridized carbons (Fsp3) is 0.650. The summed E-state index contributed by atoms with van der Waals surface area (Å²) in [5.41, 5.74) is -0.387. The Morgan fingerprint density at radius 3 is 1.94 bits per heavy atom. The number of piperazine rings is 1. The first kappa shape index (κ1) is 32.2. The summed E-state index contributed by atoms with van der Waals surface area (Å²) in [6.07, 6.45) is -16.6. The van der Waals surface area contributed by atoms with Crippen molar-refractivity contribution in [1.82, 2.24) is 9.80 Å². The van der Waals surface area contributed by atoms with E-state index in [-0.39, 0.29) is 48.5 Å². The summed E-state index contributed by atoms with van der Waals surface area (Å²) in [6.45, 7) is -0.956. The Morgan fingerprint density at radius 2 is 1.47 bits per heavy atom. The number of carbonyl (C=O) groups is 1. The number of rotatable bonds is 4. The van der Waals surface area contributed by atoms with Crippen molar-refractivity contribution in [3.05, 3.63) is 29.3 Å². The molecule has 1 aromatic carbocycles. The zero-order valence-electron chi connectivity index (χ0n) is 18.5. The highest BCUT2D eigenvalue weighted by molar-refractivity contribution is 5.85. The molecule has 2 aliphatic rings. The first-order valence-corrected chi connectivity index (χ1v) is 10.4. The number of hydrogen-bond acceptors (Lipinski definition) is 3. The van der Waals surface area contributed by atoms with Crippen molar-refractivity contribution in [2.24, 2.45) is 5.92 Å². The molecule has 0 aromatic heterocycles. The number of halogens is 11. The van der Waals surface area contributed by atoms with E-state index < -0.39 is 55.2 Å². The lowest BCUT2D eigenvalue weighted by molar-refractivity contribution is -0.300. The maximum atomic E-state index is 13.3. The lowest BCUT2D eigenvalue weighted by atomic mass is 9.94. The molecule has 1 amide bonds.